The number of carbonyl (C=O) groups excluding carboxylic acids is 2. The highest BCUT2D eigenvalue weighted by molar-refractivity contribution is 5.93. The van der Waals surface area contributed by atoms with Gasteiger partial charge in [-0.05, 0) is 25.1 Å². The molecule has 23 heavy (non-hydrogen) atoms. The fraction of sp³-hybridized carbons (Fsp3) is 0.125. The van der Waals surface area contributed by atoms with Gasteiger partial charge in [0.2, 0.25) is 5.75 Å². The highest BCUT2D eigenvalue weighted by Crippen LogP contribution is 2.29. The van der Waals surface area contributed by atoms with Crippen LogP contribution in [0.4, 0.5) is 5.69 Å². The molecule has 0 spiro atoms. The van der Waals surface area contributed by atoms with Crippen LogP contribution in [0.5, 0.6) is 5.75 Å². The van der Waals surface area contributed by atoms with Crippen molar-refractivity contribution in [3.63, 3.8) is 0 Å². The fourth-order valence-corrected chi connectivity index (χ4v) is 1.84. The monoisotopic (exact) mass is 315 g/mol. The molecule has 0 bridgehead atoms. The van der Waals surface area contributed by atoms with Crippen LogP contribution in [0.15, 0.2) is 42.5 Å². The highest BCUT2D eigenvalue weighted by Gasteiger charge is 2.21. The molecular formula is C16H13NO6. The Kier molecular flexibility index (Phi) is 4.70. The summed E-state index contributed by atoms with van der Waals surface area (Å²) in [6.45, 7) is 1.86. The van der Waals surface area contributed by atoms with E-state index in [-0.39, 0.29) is 16.9 Å². The summed E-state index contributed by atoms with van der Waals surface area (Å²) in [5.41, 5.74) is 0.830. The number of esters is 2. The Bertz CT molecular complexity index is 767. The van der Waals surface area contributed by atoms with E-state index in [9.17, 15) is 19.7 Å². The van der Waals surface area contributed by atoms with Crippen molar-refractivity contribution < 1.29 is 24.0 Å². The zero-order valence-corrected chi connectivity index (χ0v) is 12.4. The third-order valence-corrected chi connectivity index (χ3v) is 3.07. The van der Waals surface area contributed by atoms with Gasteiger partial charge in [0.1, 0.15) is 0 Å². The van der Waals surface area contributed by atoms with Crippen LogP contribution in [0.25, 0.3) is 0 Å². The predicted molar refractivity (Wildman–Crippen MR) is 80.6 cm³/mol. The third-order valence-electron chi connectivity index (χ3n) is 3.07. The zero-order valence-electron chi connectivity index (χ0n) is 12.4. The van der Waals surface area contributed by atoms with Crippen molar-refractivity contribution in [1.82, 2.24) is 0 Å². The van der Waals surface area contributed by atoms with Crippen LogP contribution in [0, 0.1) is 17.0 Å². The molecule has 0 amide bonds. The standard InChI is InChI=1S/C16H13NO6/c1-10-3-5-11(6-4-10)16(19)23-14-9-12(15(18)22-2)7-8-13(14)17(20)21/h3-9H,1-2H3. The Morgan fingerprint density at radius 3 is 2.17 bits per heavy atom. The summed E-state index contributed by atoms with van der Waals surface area (Å²) in [5.74, 6) is -1.76. The lowest BCUT2D eigenvalue weighted by Gasteiger charge is -2.07. The molecule has 2 rings (SSSR count). The molecule has 2 aromatic rings. The number of ether oxygens (including phenoxy) is 2. The van der Waals surface area contributed by atoms with Crippen LogP contribution in [0.1, 0.15) is 26.3 Å². The van der Waals surface area contributed by atoms with Crippen molar-refractivity contribution in [1.29, 1.82) is 0 Å². The van der Waals surface area contributed by atoms with Crippen molar-refractivity contribution in [2.75, 3.05) is 7.11 Å². The molecule has 0 atom stereocenters. The minimum Gasteiger partial charge on any atom is -0.465 e. The smallest absolute Gasteiger partial charge is 0.343 e. The van der Waals surface area contributed by atoms with Gasteiger partial charge >= 0.3 is 17.6 Å². The average Bonchev–Trinajstić information content (AvgIpc) is 2.54. The van der Waals surface area contributed by atoms with E-state index in [1.54, 1.807) is 24.3 Å². The number of benzene rings is 2. The minimum absolute atomic E-state index is 0.0461. The number of nitro groups is 1. The van der Waals surface area contributed by atoms with Crippen molar-refractivity contribution in [2.24, 2.45) is 0 Å². The second-order valence-electron chi connectivity index (χ2n) is 4.69. The van der Waals surface area contributed by atoms with Gasteiger partial charge in [-0.25, -0.2) is 9.59 Å². The molecule has 0 saturated carbocycles. The van der Waals surface area contributed by atoms with E-state index in [4.69, 9.17) is 4.74 Å². The van der Waals surface area contributed by atoms with Crippen molar-refractivity contribution >= 4 is 17.6 Å². The first kappa shape index (κ1) is 16.2. The first-order valence-corrected chi connectivity index (χ1v) is 6.58. The summed E-state index contributed by atoms with van der Waals surface area (Å²) < 4.78 is 9.62. The molecule has 0 aliphatic carbocycles. The van der Waals surface area contributed by atoms with Crippen molar-refractivity contribution in [3.8, 4) is 5.75 Å². The fourth-order valence-electron chi connectivity index (χ4n) is 1.84. The molecule has 2 aromatic carbocycles. The summed E-state index contributed by atoms with van der Waals surface area (Å²) in [4.78, 5) is 33.9. The molecule has 0 saturated heterocycles. The normalized spacial score (nSPS) is 10.0. The molecule has 7 nitrogen and oxygen atoms in total. The molecule has 0 aliphatic rings. The molecule has 0 N–H and O–H groups in total. The summed E-state index contributed by atoms with van der Waals surface area (Å²) in [6, 6.07) is 9.96. The van der Waals surface area contributed by atoms with Gasteiger partial charge in [-0.1, -0.05) is 17.7 Å². The van der Waals surface area contributed by atoms with Crippen LogP contribution in [-0.2, 0) is 4.74 Å². The number of nitro benzene ring substituents is 1. The van der Waals surface area contributed by atoms with Crippen LogP contribution in [-0.4, -0.2) is 24.0 Å². The molecular weight excluding hydrogens is 302 g/mol. The second-order valence-corrected chi connectivity index (χ2v) is 4.69. The van der Waals surface area contributed by atoms with Crippen LogP contribution < -0.4 is 4.74 Å². The van der Waals surface area contributed by atoms with E-state index in [1.165, 1.54) is 13.2 Å². The number of rotatable bonds is 4. The maximum Gasteiger partial charge on any atom is 0.343 e. The molecule has 0 radical (unpaired) electrons. The summed E-state index contributed by atoms with van der Waals surface area (Å²) >= 11 is 0. The Balaban J connectivity index is 2.36. The van der Waals surface area contributed by atoms with Gasteiger partial charge in [0.05, 0.1) is 23.2 Å². The van der Waals surface area contributed by atoms with Gasteiger partial charge in [-0.3, -0.25) is 10.1 Å². The van der Waals surface area contributed by atoms with Gasteiger partial charge in [0, 0.05) is 12.1 Å². The first-order chi connectivity index (χ1) is 10.9. The molecule has 0 heterocycles. The quantitative estimate of drug-likeness (QED) is 0.372. The maximum absolute atomic E-state index is 12.1. The van der Waals surface area contributed by atoms with Gasteiger partial charge in [-0.15, -0.1) is 0 Å². The second kappa shape index (κ2) is 6.69. The number of hydrogen-bond donors (Lipinski definition) is 0. The number of nitrogens with zero attached hydrogens (tertiary/aromatic N) is 1. The Labute approximate surface area is 131 Å². The third kappa shape index (κ3) is 3.70. The highest BCUT2D eigenvalue weighted by atomic mass is 16.6. The average molecular weight is 315 g/mol. The molecule has 0 aromatic heterocycles. The lowest BCUT2D eigenvalue weighted by Crippen LogP contribution is -2.11. The van der Waals surface area contributed by atoms with Crippen molar-refractivity contribution in [2.45, 2.75) is 6.92 Å². The lowest BCUT2D eigenvalue weighted by atomic mass is 10.1. The van der Waals surface area contributed by atoms with Crippen molar-refractivity contribution in [3.05, 3.63) is 69.3 Å². The Hall–Kier alpha value is -3.22. The van der Waals surface area contributed by atoms with E-state index in [1.807, 2.05) is 6.92 Å². The van der Waals surface area contributed by atoms with E-state index in [2.05, 4.69) is 4.74 Å². The number of carbonyl (C=O) groups is 2. The lowest BCUT2D eigenvalue weighted by molar-refractivity contribution is -0.385. The van der Waals surface area contributed by atoms with E-state index < -0.39 is 22.5 Å². The summed E-state index contributed by atoms with van der Waals surface area (Å²) in [5, 5.41) is 11.0. The van der Waals surface area contributed by atoms with E-state index in [0.717, 1.165) is 17.7 Å². The molecule has 0 unspecified atom stereocenters. The summed E-state index contributed by atoms with van der Waals surface area (Å²) in [6.07, 6.45) is 0. The first-order valence-electron chi connectivity index (χ1n) is 6.58. The minimum atomic E-state index is -0.755. The van der Waals surface area contributed by atoms with Gasteiger partial charge in [-0.2, -0.15) is 0 Å². The predicted octanol–water partition coefficient (Wildman–Crippen LogP) is 2.91. The molecule has 118 valence electrons. The maximum atomic E-state index is 12.1. The van der Waals surface area contributed by atoms with Gasteiger partial charge in [0.25, 0.3) is 0 Å². The molecule has 0 fully saturated rings. The Morgan fingerprint density at radius 2 is 1.61 bits per heavy atom. The van der Waals surface area contributed by atoms with Gasteiger partial charge in [0.15, 0.2) is 0 Å². The van der Waals surface area contributed by atoms with E-state index >= 15 is 0 Å². The van der Waals surface area contributed by atoms with Crippen LogP contribution >= 0.6 is 0 Å². The van der Waals surface area contributed by atoms with Gasteiger partial charge < -0.3 is 9.47 Å². The topological polar surface area (TPSA) is 95.7 Å². The molecule has 0 aliphatic heterocycles. The van der Waals surface area contributed by atoms with Crippen LogP contribution in [0.3, 0.4) is 0 Å². The zero-order chi connectivity index (χ0) is 17.0. The largest absolute Gasteiger partial charge is 0.465 e. The Morgan fingerprint density at radius 1 is 1.00 bits per heavy atom. The SMILES string of the molecule is COC(=O)c1ccc([N+](=O)[O-])c(OC(=O)c2ccc(C)cc2)c1. The molecule has 7 heteroatoms. The summed E-state index contributed by atoms with van der Waals surface area (Å²) in [7, 11) is 1.18. The van der Waals surface area contributed by atoms with E-state index in [0.29, 0.717) is 0 Å². The number of aryl methyl sites for hydroxylation is 1. The van der Waals surface area contributed by atoms with Crippen LogP contribution in [0.2, 0.25) is 0 Å². The number of methoxy groups -OCH3 is 1. The number of hydrogen-bond acceptors (Lipinski definition) is 6.